The Balaban J connectivity index is 0.000000531. The van der Waals surface area contributed by atoms with Crippen LogP contribution in [0, 0.1) is 11.8 Å². The highest BCUT2D eigenvalue weighted by atomic mass is 15.1. The summed E-state index contributed by atoms with van der Waals surface area (Å²) in [7, 11) is 4.51. The first-order valence-corrected chi connectivity index (χ1v) is 6.63. The quantitative estimate of drug-likeness (QED) is 0.658. The van der Waals surface area contributed by atoms with Gasteiger partial charge >= 0.3 is 0 Å². The normalized spacial score (nSPS) is 30.0. The highest BCUT2D eigenvalue weighted by Crippen LogP contribution is 2.30. The van der Waals surface area contributed by atoms with Crippen molar-refractivity contribution in [2.75, 3.05) is 40.3 Å². The van der Waals surface area contributed by atoms with Crippen LogP contribution in [0.4, 0.5) is 0 Å². The number of rotatable bonds is 1. The minimum Gasteiger partial charge on any atom is -0.306 e. The van der Waals surface area contributed by atoms with E-state index in [0.29, 0.717) is 0 Å². The van der Waals surface area contributed by atoms with E-state index in [0.717, 1.165) is 11.8 Å². The molecule has 1 unspecified atom stereocenters. The van der Waals surface area contributed by atoms with Crippen molar-refractivity contribution in [2.24, 2.45) is 11.8 Å². The standard InChI is InChI=1S/C11H22N2.C2H6/c1-12-6-3-10(4-7-12)11-5-8-13(2)9-11;1-2/h10-11H,3-9H2,1-2H3;1-2H3. The average Bonchev–Trinajstić information content (AvgIpc) is 2.69. The predicted octanol–water partition coefficient (Wildman–Crippen LogP) is 2.31. The van der Waals surface area contributed by atoms with E-state index in [4.69, 9.17) is 0 Å². The summed E-state index contributed by atoms with van der Waals surface area (Å²) < 4.78 is 0. The van der Waals surface area contributed by atoms with Crippen molar-refractivity contribution in [3.8, 4) is 0 Å². The van der Waals surface area contributed by atoms with Crippen LogP contribution in [0.3, 0.4) is 0 Å². The molecular weight excluding hydrogens is 184 g/mol. The van der Waals surface area contributed by atoms with E-state index in [-0.39, 0.29) is 0 Å². The van der Waals surface area contributed by atoms with Gasteiger partial charge in [-0.1, -0.05) is 13.8 Å². The van der Waals surface area contributed by atoms with Gasteiger partial charge in [0.2, 0.25) is 0 Å². The Morgan fingerprint density at radius 2 is 1.20 bits per heavy atom. The molecule has 0 aliphatic carbocycles. The topological polar surface area (TPSA) is 6.48 Å². The molecule has 2 aliphatic rings. The van der Waals surface area contributed by atoms with Crippen molar-refractivity contribution in [3.63, 3.8) is 0 Å². The minimum absolute atomic E-state index is 1.01. The van der Waals surface area contributed by atoms with Crippen LogP contribution in [0.1, 0.15) is 33.1 Å². The van der Waals surface area contributed by atoms with Gasteiger partial charge in [0.1, 0.15) is 0 Å². The van der Waals surface area contributed by atoms with Gasteiger partial charge in [-0.05, 0) is 64.8 Å². The lowest BCUT2D eigenvalue weighted by Crippen LogP contribution is -2.34. The third-order valence-electron chi connectivity index (χ3n) is 3.86. The van der Waals surface area contributed by atoms with Gasteiger partial charge in [0.15, 0.2) is 0 Å². The number of hydrogen-bond acceptors (Lipinski definition) is 2. The van der Waals surface area contributed by atoms with E-state index in [1.54, 1.807) is 0 Å². The van der Waals surface area contributed by atoms with Crippen LogP contribution >= 0.6 is 0 Å². The van der Waals surface area contributed by atoms with Gasteiger partial charge in [-0.15, -0.1) is 0 Å². The smallest absolute Gasteiger partial charge is 0.000975 e. The molecule has 2 heterocycles. The Bertz CT molecular complexity index is 162. The van der Waals surface area contributed by atoms with E-state index in [2.05, 4.69) is 23.9 Å². The van der Waals surface area contributed by atoms with Crippen LogP contribution in [0.5, 0.6) is 0 Å². The van der Waals surface area contributed by atoms with E-state index < -0.39 is 0 Å². The second kappa shape index (κ2) is 6.49. The molecule has 0 radical (unpaired) electrons. The Kier molecular flexibility index (Phi) is 5.62. The number of likely N-dealkylation sites (tertiary alicyclic amines) is 2. The second-order valence-corrected chi connectivity index (χ2v) is 4.95. The molecule has 1 atom stereocenters. The monoisotopic (exact) mass is 212 g/mol. The van der Waals surface area contributed by atoms with Crippen LogP contribution in [0.25, 0.3) is 0 Å². The molecule has 0 bridgehead atoms. The fourth-order valence-electron chi connectivity index (χ4n) is 2.85. The van der Waals surface area contributed by atoms with E-state index in [1.807, 2.05) is 13.8 Å². The Morgan fingerprint density at radius 1 is 0.733 bits per heavy atom. The summed E-state index contributed by atoms with van der Waals surface area (Å²) in [4.78, 5) is 4.96. The first-order chi connectivity index (χ1) is 7.25. The van der Waals surface area contributed by atoms with Gasteiger partial charge < -0.3 is 9.80 Å². The van der Waals surface area contributed by atoms with Crippen molar-refractivity contribution >= 4 is 0 Å². The predicted molar refractivity (Wildman–Crippen MR) is 67.2 cm³/mol. The van der Waals surface area contributed by atoms with Gasteiger partial charge in [0.05, 0.1) is 0 Å². The zero-order chi connectivity index (χ0) is 11.3. The van der Waals surface area contributed by atoms with Gasteiger partial charge in [-0.2, -0.15) is 0 Å². The molecule has 2 nitrogen and oxygen atoms in total. The maximum Gasteiger partial charge on any atom is 0.000975 e. The van der Waals surface area contributed by atoms with Crippen molar-refractivity contribution in [1.29, 1.82) is 0 Å². The Morgan fingerprint density at radius 3 is 1.67 bits per heavy atom. The molecule has 2 fully saturated rings. The zero-order valence-electron chi connectivity index (χ0n) is 11.0. The lowest BCUT2D eigenvalue weighted by molar-refractivity contribution is 0.172. The van der Waals surface area contributed by atoms with Gasteiger partial charge in [0, 0.05) is 6.54 Å². The number of hydrogen-bond donors (Lipinski definition) is 0. The molecule has 0 spiro atoms. The molecule has 0 aromatic heterocycles. The molecule has 15 heavy (non-hydrogen) atoms. The lowest BCUT2D eigenvalue weighted by atomic mass is 9.84. The van der Waals surface area contributed by atoms with Crippen molar-refractivity contribution in [1.82, 2.24) is 9.80 Å². The Hall–Kier alpha value is -0.0800. The first-order valence-electron chi connectivity index (χ1n) is 6.63. The lowest BCUT2D eigenvalue weighted by Gasteiger charge is -2.32. The van der Waals surface area contributed by atoms with Crippen molar-refractivity contribution < 1.29 is 0 Å². The maximum absolute atomic E-state index is 2.49. The molecule has 90 valence electrons. The fraction of sp³-hybridized carbons (Fsp3) is 1.00. The summed E-state index contributed by atoms with van der Waals surface area (Å²) in [6.07, 6.45) is 4.33. The van der Waals surface area contributed by atoms with Gasteiger partial charge in [-0.25, -0.2) is 0 Å². The number of nitrogens with zero attached hydrogens (tertiary/aromatic N) is 2. The molecule has 2 rings (SSSR count). The van der Waals surface area contributed by atoms with E-state index in [1.165, 1.54) is 45.4 Å². The highest BCUT2D eigenvalue weighted by molar-refractivity contribution is 4.82. The molecule has 0 N–H and O–H groups in total. The van der Waals surface area contributed by atoms with Crippen LogP contribution in [-0.2, 0) is 0 Å². The van der Waals surface area contributed by atoms with Gasteiger partial charge in [-0.3, -0.25) is 0 Å². The van der Waals surface area contributed by atoms with Crippen LogP contribution < -0.4 is 0 Å². The highest BCUT2D eigenvalue weighted by Gasteiger charge is 2.29. The summed E-state index contributed by atoms with van der Waals surface area (Å²) in [5, 5.41) is 0. The fourth-order valence-corrected chi connectivity index (χ4v) is 2.85. The Labute approximate surface area is 95.6 Å². The van der Waals surface area contributed by atoms with Gasteiger partial charge in [0.25, 0.3) is 0 Å². The largest absolute Gasteiger partial charge is 0.306 e. The first kappa shape index (κ1) is 13.0. The average molecular weight is 212 g/mol. The summed E-state index contributed by atoms with van der Waals surface area (Å²) in [6, 6.07) is 0. The molecule has 0 amide bonds. The third-order valence-corrected chi connectivity index (χ3v) is 3.86. The van der Waals surface area contributed by atoms with E-state index >= 15 is 0 Å². The third kappa shape index (κ3) is 3.76. The minimum atomic E-state index is 1.01. The van der Waals surface area contributed by atoms with Crippen LogP contribution in [-0.4, -0.2) is 50.1 Å². The zero-order valence-corrected chi connectivity index (χ0v) is 11.0. The summed E-state index contributed by atoms with van der Waals surface area (Å²) in [6.45, 7) is 9.33. The number of piperidine rings is 1. The summed E-state index contributed by atoms with van der Waals surface area (Å²) in [5.41, 5.74) is 0. The molecule has 0 aromatic rings. The molecule has 2 heteroatoms. The van der Waals surface area contributed by atoms with Crippen molar-refractivity contribution in [3.05, 3.63) is 0 Å². The van der Waals surface area contributed by atoms with Crippen LogP contribution in [0.2, 0.25) is 0 Å². The van der Waals surface area contributed by atoms with E-state index in [9.17, 15) is 0 Å². The summed E-state index contributed by atoms with van der Waals surface area (Å²) in [5.74, 6) is 2.04. The van der Waals surface area contributed by atoms with Crippen molar-refractivity contribution in [2.45, 2.75) is 33.1 Å². The molecule has 2 aliphatic heterocycles. The molecule has 0 saturated carbocycles. The summed E-state index contributed by atoms with van der Waals surface area (Å²) >= 11 is 0. The molecule has 2 saturated heterocycles. The molecule has 0 aromatic carbocycles. The maximum atomic E-state index is 2.49. The van der Waals surface area contributed by atoms with Crippen LogP contribution in [0.15, 0.2) is 0 Å². The molecular formula is C13H28N2. The SMILES string of the molecule is CC.CN1CCC(C2CCN(C)C2)CC1. The second-order valence-electron chi connectivity index (χ2n) is 4.95.